The maximum absolute atomic E-state index is 12.3. The van der Waals surface area contributed by atoms with Crippen LogP contribution in [0.25, 0.3) is 10.8 Å². The molecule has 0 saturated carbocycles. The topological polar surface area (TPSA) is 45.7 Å². The molecule has 1 amide bonds. The summed E-state index contributed by atoms with van der Waals surface area (Å²) in [5.74, 6) is 0.0285. The number of anilines is 1. The normalized spacial score (nSPS) is 12.1. The first-order valence-corrected chi connectivity index (χ1v) is 8.72. The summed E-state index contributed by atoms with van der Waals surface area (Å²) in [5.41, 5.74) is 4.39. The number of aryl methyl sites for hydroxylation is 2. The van der Waals surface area contributed by atoms with Crippen LogP contribution in [0.15, 0.2) is 60.7 Å². The van der Waals surface area contributed by atoms with E-state index in [2.05, 4.69) is 66.1 Å². The lowest BCUT2D eigenvalue weighted by atomic mass is 10.00. The standard InChI is InChI=1S/C22H24N2O/c1-15-11-12-16(2)21(13-15)24-22(25)14-23-17(3)19-10-6-8-18-7-4-5-9-20(18)19/h4-13,17,23H,14H2,1-3H3,(H,24,25)/p+1/t17-/m0/s1. The molecule has 3 aromatic carbocycles. The summed E-state index contributed by atoms with van der Waals surface area (Å²) in [6, 6.07) is 21.1. The van der Waals surface area contributed by atoms with E-state index in [1.807, 2.05) is 26.0 Å². The Bertz CT molecular complexity index is 896. The van der Waals surface area contributed by atoms with Crippen LogP contribution in [0.5, 0.6) is 0 Å². The van der Waals surface area contributed by atoms with Crippen LogP contribution in [0.1, 0.15) is 29.7 Å². The predicted molar refractivity (Wildman–Crippen MR) is 104 cm³/mol. The van der Waals surface area contributed by atoms with Crippen molar-refractivity contribution in [2.24, 2.45) is 0 Å². The zero-order chi connectivity index (χ0) is 17.8. The molecule has 3 nitrogen and oxygen atoms in total. The molecule has 0 fully saturated rings. The molecular weight excluding hydrogens is 308 g/mol. The lowest BCUT2D eigenvalue weighted by Gasteiger charge is -2.14. The molecule has 0 radical (unpaired) electrons. The number of fused-ring (bicyclic) bond motifs is 1. The highest BCUT2D eigenvalue weighted by molar-refractivity contribution is 5.92. The summed E-state index contributed by atoms with van der Waals surface area (Å²) in [6.07, 6.45) is 0. The van der Waals surface area contributed by atoms with E-state index in [9.17, 15) is 4.79 Å². The summed E-state index contributed by atoms with van der Waals surface area (Å²) in [6.45, 7) is 6.59. The third-order valence-corrected chi connectivity index (χ3v) is 4.64. The van der Waals surface area contributed by atoms with E-state index < -0.39 is 0 Å². The van der Waals surface area contributed by atoms with Crippen LogP contribution in [0, 0.1) is 13.8 Å². The van der Waals surface area contributed by atoms with Crippen LogP contribution in [-0.2, 0) is 4.79 Å². The Balaban J connectivity index is 1.66. The van der Waals surface area contributed by atoms with Gasteiger partial charge in [-0.1, -0.05) is 54.6 Å². The third-order valence-electron chi connectivity index (χ3n) is 4.64. The maximum Gasteiger partial charge on any atom is 0.279 e. The summed E-state index contributed by atoms with van der Waals surface area (Å²) in [5, 5.41) is 7.60. The van der Waals surface area contributed by atoms with Crippen molar-refractivity contribution in [1.82, 2.24) is 0 Å². The Hall–Kier alpha value is -2.65. The highest BCUT2D eigenvalue weighted by Gasteiger charge is 2.14. The third kappa shape index (κ3) is 4.06. The van der Waals surface area contributed by atoms with Gasteiger partial charge in [0, 0.05) is 11.3 Å². The Morgan fingerprint density at radius 3 is 2.64 bits per heavy atom. The summed E-state index contributed by atoms with van der Waals surface area (Å²) in [7, 11) is 0. The largest absolute Gasteiger partial charge is 0.332 e. The van der Waals surface area contributed by atoms with Gasteiger partial charge < -0.3 is 10.6 Å². The molecule has 0 aliphatic heterocycles. The van der Waals surface area contributed by atoms with Gasteiger partial charge in [0.2, 0.25) is 0 Å². The van der Waals surface area contributed by atoms with Crippen molar-refractivity contribution in [3.05, 3.63) is 77.4 Å². The van der Waals surface area contributed by atoms with Gasteiger partial charge in [0.1, 0.15) is 6.04 Å². The number of carbonyl (C=O) groups is 1. The van der Waals surface area contributed by atoms with Crippen molar-refractivity contribution in [2.75, 3.05) is 11.9 Å². The molecule has 0 bridgehead atoms. The Morgan fingerprint density at radius 2 is 1.80 bits per heavy atom. The van der Waals surface area contributed by atoms with E-state index in [1.54, 1.807) is 0 Å². The van der Waals surface area contributed by atoms with Gasteiger partial charge >= 0.3 is 0 Å². The molecule has 25 heavy (non-hydrogen) atoms. The molecule has 0 saturated heterocycles. The highest BCUT2D eigenvalue weighted by atomic mass is 16.1. The fourth-order valence-corrected chi connectivity index (χ4v) is 3.13. The minimum atomic E-state index is 0.0285. The first kappa shape index (κ1) is 17.2. The highest BCUT2D eigenvalue weighted by Crippen LogP contribution is 2.22. The molecule has 3 heteroatoms. The molecule has 0 unspecified atom stereocenters. The molecule has 0 spiro atoms. The molecule has 3 rings (SSSR count). The van der Waals surface area contributed by atoms with E-state index >= 15 is 0 Å². The molecule has 0 heterocycles. The second-order valence-electron chi connectivity index (χ2n) is 6.66. The Morgan fingerprint density at radius 1 is 1.04 bits per heavy atom. The van der Waals surface area contributed by atoms with E-state index in [1.165, 1.54) is 16.3 Å². The van der Waals surface area contributed by atoms with E-state index in [0.29, 0.717) is 6.54 Å². The van der Waals surface area contributed by atoms with E-state index in [-0.39, 0.29) is 11.9 Å². The first-order valence-electron chi connectivity index (χ1n) is 8.72. The number of benzene rings is 3. The van der Waals surface area contributed by atoms with Gasteiger partial charge in [0.25, 0.3) is 5.91 Å². The Kier molecular flexibility index (Phi) is 5.15. The number of quaternary nitrogens is 1. The number of hydrogen-bond donors (Lipinski definition) is 2. The van der Waals surface area contributed by atoms with Crippen molar-refractivity contribution in [1.29, 1.82) is 0 Å². The number of nitrogens with one attached hydrogen (secondary N) is 1. The van der Waals surface area contributed by atoms with Crippen molar-refractivity contribution in [2.45, 2.75) is 26.8 Å². The molecule has 0 aliphatic carbocycles. The van der Waals surface area contributed by atoms with E-state index in [4.69, 9.17) is 0 Å². The molecule has 3 N–H and O–H groups in total. The Labute approximate surface area is 149 Å². The molecule has 3 aromatic rings. The van der Waals surface area contributed by atoms with Crippen molar-refractivity contribution < 1.29 is 10.1 Å². The molecule has 128 valence electrons. The van der Waals surface area contributed by atoms with Gasteiger partial charge in [-0.2, -0.15) is 0 Å². The number of rotatable bonds is 5. The quantitative estimate of drug-likeness (QED) is 0.734. The van der Waals surface area contributed by atoms with Gasteiger partial charge in [0.05, 0.1) is 0 Å². The maximum atomic E-state index is 12.3. The van der Waals surface area contributed by atoms with E-state index in [0.717, 1.165) is 16.8 Å². The predicted octanol–water partition coefficient (Wildman–Crippen LogP) is 3.72. The van der Waals surface area contributed by atoms with Gasteiger partial charge in [-0.15, -0.1) is 0 Å². The summed E-state index contributed by atoms with van der Waals surface area (Å²) >= 11 is 0. The molecule has 0 aromatic heterocycles. The molecular formula is C22H25N2O+. The number of carbonyl (C=O) groups excluding carboxylic acids is 1. The van der Waals surface area contributed by atoms with Gasteiger partial charge in [-0.3, -0.25) is 4.79 Å². The lowest BCUT2D eigenvalue weighted by Crippen LogP contribution is -2.86. The summed E-state index contributed by atoms with van der Waals surface area (Å²) in [4.78, 5) is 12.3. The SMILES string of the molecule is Cc1ccc(C)c(NC(=O)C[NH2+][C@@H](C)c2cccc3ccccc23)c1. The summed E-state index contributed by atoms with van der Waals surface area (Å²) < 4.78 is 0. The van der Waals surface area contributed by atoms with Crippen LogP contribution in [0.3, 0.4) is 0 Å². The minimum Gasteiger partial charge on any atom is -0.332 e. The average Bonchev–Trinajstić information content (AvgIpc) is 2.62. The average molecular weight is 333 g/mol. The smallest absolute Gasteiger partial charge is 0.279 e. The number of hydrogen-bond acceptors (Lipinski definition) is 1. The van der Waals surface area contributed by atoms with Gasteiger partial charge in [-0.05, 0) is 48.7 Å². The van der Waals surface area contributed by atoms with Crippen LogP contribution >= 0.6 is 0 Å². The van der Waals surface area contributed by atoms with Crippen molar-refractivity contribution in [3.8, 4) is 0 Å². The molecule has 1 atom stereocenters. The number of amides is 1. The van der Waals surface area contributed by atoms with Gasteiger partial charge in [0.15, 0.2) is 6.54 Å². The van der Waals surface area contributed by atoms with Crippen LogP contribution in [0.4, 0.5) is 5.69 Å². The molecule has 0 aliphatic rings. The zero-order valence-electron chi connectivity index (χ0n) is 15.0. The number of nitrogens with two attached hydrogens (primary N) is 1. The van der Waals surface area contributed by atoms with Crippen LogP contribution in [-0.4, -0.2) is 12.5 Å². The fraction of sp³-hybridized carbons (Fsp3) is 0.227. The van der Waals surface area contributed by atoms with Crippen molar-refractivity contribution in [3.63, 3.8) is 0 Å². The van der Waals surface area contributed by atoms with Crippen LogP contribution < -0.4 is 10.6 Å². The second kappa shape index (κ2) is 7.49. The fourth-order valence-electron chi connectivity index (χ4n) is 3.13. The van der Waals surface area contributed by atoms with Crippen LogP contribution in [0.2, 0.25) is 0 Å². The minimum absolute atomic E-state index is 0.0285. The second-order valence-corrected chi connectivity index (χ2v) is 6.66. The zero-order valence-corrected chi connectivity index (χ0v) is 15.0. The monoisotopic (exact) mass is 333 g/mol. The lowest BCUT2D eigenvalue weighted by molar-refractivity contribution is -0.682. The van der Waals surface area contributed by atoms with Gasteiger partial charge in [-0.25, -0.2) is 0 Å². The van der Waals surface area contributed by atoms with Crippen molar-refractivity contribution >= 4 is 22.4 Å². The first-order chi connectivity index (χ1) is 12.0.